The van der Waals surface area contributed by atoms with Gasteiger partial charge in [-0.2, -0.15) is 17.4 Å². The van der Waals surface area contributed by atoms with Crippen molar-refractivity contribution >= 4 is 10.2 Å². The van der Waals surface area contributed by atoms with Crippen LogP contribution in [-0.4, -0.2) is 94.6 Å². The molecule has 0 aromatic heterocycles. The second-order valence-corrected chi connectivity index (χ2v) is 8.46. The Bertz CT molecular complexity index is 435. The molecule has 7 nitrogen and oxygen atoms in total. The number of likely N-dealkylation sites (N-methyl/N-ethyl adjacent to an activating group) is 1. The second kappa shape index (κ2) is 8.03. The number of rotatable bonds is 6. The van der Waals surface area contributed by atoms with Gasteiger partial charge in [0.1, 0.15) is 0 Å². The first-order valence-electron chi connectivity index (χ1n) is 8.14. The molecule has 2 fully saturated rings. The molecule has 2 heterocycles. The SMILES string of the molecule is CC(C)CN1CCOC(CNS(=O)(=O)N2CCN(C)CC2)C1. The number of piperazine rings is 1. The molecule has 2 saturated heterocycles. The molecule has 1 atom stereocenters. The summed E-state index contributed by atoms with van der Waals surface area (Å²) in [5.74, 6) is 0.612. The lowest BCUT2D eigenvalue weighted by Crippen LogP contribution is -2.53. The Morgan fingerprint density at radius 1 is 1.18 bits per heavy atom. The van der Waals surface area contributed by atoms with E-state index in [0.29, 0.717) is 32.2 Å². The van der Waals surface area contributed by atoms with Crippen LogP contribution in [-0.2, 0) is 14.9 Å². The molecule has 130 valence electrons. The molecule has 1 N–H and O–H groups in total. The monoisotopic (exact) mass is 334 g/mol. The molecule has 1 unspecified atom stereocenters. The molecule has 2 aliphatic heterocycles. The standard InChI is InChI=1S/C14H30N4O3S/c1-13(2)11-17-8-9-21-14(12-17)10-15-22(19,20)18-6-4-16(3)5-7-18/h13-15H,4-12H2,1-3H3. The van der Waals surface area contributed by atoms with E-state index in [0.717, 1.165) is 32.7 Å². The largest absolute Gasteiger partial charge is 0.374 e. The van der Waals surface area contributed by atoms with Crippen molar-refractivity contribution in [3.8, 4) is 0 Å². The first-order valence-corrected chi connectivity index (χ1v) is 9.58. The molecule has 0 saturated carbocycles. The summed E-state index contributed by atoms with van der Waals surface area (Å²) in [5.41, 5.74) is 0. The average Bonchev–Trinajstić information content (AvgIpc) is 2.45. The summed E-state index contributed by atoms with van der Waals surface area (Å²) in [6, 6.07) is 0. The molecule has 2 aliphatic rings. The zero-order valence-corrected chi connectivity index (χ0v) is 14.8. The van der Waals surface area contributed by atoms with Crippen molar-refractivity contribution in [3.05, 3.63) is 0 Å². The van der Waals surface area contributed by atoms with Crippen LogP contribution >= 0.6 is 0 Å². The van der Waals surface area contributed by atoms with Gasteiger partial charge >= 0.3 is 0 Å². The van der Waals surface area contributed by atoms with E-state index in [1.165, 1.54) is 4.31 Å². The van der Waals surface area contributed by atoms with Crippen LogP contribution in [0.2, 0.25) is 0 Å². The molecule has 0 radical (unpaired) electrons. The van der Waals surface area contributed by atoms with E-state index >= 15 is 0 Å². The summed E-state index contributed by atoms with van der Waals surface area (Å²) in [6.45, 7) is 10.8. The van der Waals surface area contributed by atoms with Crippen molar-refractivity contribution in [3.63, 3.8) is 0 Å². The van der Waals surface area contributed by atoms with Gasteiger partial charge in [-0.15, -0.1) is 0 Å². The number of hydrogen-bond donors (Lipinski definition) is 1. The molecule has 8 heteroatoms. The summed E-state index contributed by atoms with van der Waals surface area (Å²) >= 11 is 0. The molecule has 0 amide bonds. The van der Waals surface area contributed by atoms with Gasteiger partial charge in [-0.05, 0) is 13.0 Å². The van der Waals surface area contributed by atoms with Crippen molar-refractivity contribution in [2.45, 2.75) is 20.0 Å². The maximum absolute atomic E-state index is 12.3. The first kappa shape index (κ1) is 18.1. The highest BCUT2D eigenvalue weighted by molar-refractivity contribution is 7.87. The number of ether oxygens (including phenoxy) is 1. The average molecular weight is 334 g/mol. The van der Waals surface area contributed by atoms with Gasteiger partial charge in [0.2, 0.25) is 0 Å². The lowest BCUT2D eigenvalue weighted by molar-refractivity contribution is -0.0281. The number of nitrogens with zero attached hydrogens (tertiary/aromatic N) is 3. The fraction of sp³-hybridized carbons (Fsp3) is 1.00. The number of nitrogens with one attached hydrogen (secondary N) is 1. The lowest BCUT2D eigenvalue weighted by Gasteiger charge is -2.35. The Labute approximate surface area is 134 Å². The maximum atomic E-state index is 12.3. The zero-order chi connectivity index (χ0) is 16.2. The van der Waals surface area contributed by atoms with Gasteiger partial charge in [-0.25, -0.2) is 0 Å². The summed E-state index contributed by atoms with van der Waals surface area (Å²) in [5, 5.41) is 0. The van der Waals surface area contributed by atoms with Crippen molar-refractivity contribution in [1.29, 1.82) is 0 Å². The van der Waals surface area contributed by atoms with Crippen LogP contribution in [0.5, 0.6) is 0 Å². The van der Waals surface area contributed by atoms with E-state index in [2.05, 4.69) is 28.4 Å². The van der Waals surface area contributed by atoms with Gasteiger partial charge in [0.15, 0.2) is 0 Å². The molecular formula is C14H30N4O3S. The summed E-state index contributed by atoms with van der Waals surface area (Å²) in [4.78, 5) is 4.49. The third-order valence-corrected chi connectivity index (χ3v) is 5.72. The molecule has 0 aromatic rings. The van der Waals surface area contributed by atoms with E-state index in [-0.39, 0.29) is 6.10 Å². The predicted octanol–water partition coefficient (Wildman–Crippen LogP) is -0.575. The third kappa shape index (κ3) is 5.43. The quantitative estimate of drug-likeness (QED) is 0.704. The molecule has 2 rings (SSSR count). The fourth-order valence-corrected chi connectivity index (χ4v) is 4.13. The van der Waals surface area contributed by atoms with E-state index in [1.807, 2.05) is 7.05 Å². The molecule has 0 aliphatic carbocycles. The number of morpholine rings is 1. The Morgan fingerprint density at radius 2 is 1.86 bits per heavy atom. The van der Waals surface area contributed by atoms with Crippen LogP contribution in [0.25, 0.3) is 0 Å². The highest BCUT2D eigenvalue weighted by Gasteiger charge is 2.27. The molecule has 0 bridgehead atoms. The minimum atomic E-state index is -3.39. The van der Waals surface area contributed by atoms with Gasteiger partial charge in [0.05, 0.1) is 12.7 Å². The van der Waals surface area contributed by atoms with Gasteiger partial charge in [-0.3, -0.25) is 4.90 Å². The van der Waals surface area contributed by atoms with E-state index < -0.39 is 10.2 Å². The molecule has 0 aromatic carbocycles. The predicted molar refractivity (Wildman–Crippen MR) is 87.0 cm³/mol. The Hall–Kier alpha value is -0.250. The van der Waals surface area contributed by atoms with Crippen LogP contribution in [0.3, 0.4) is 0 Å². The van der Waals surface area contributed by atoms with Gasteiger partial charge in [0, 0.05) is 52.4 Å². The van der Waals surface area contributed by atoms with Gasteiger partial charge in [-0.1, -0.05) is 13.8 Å². The Morgan fingerprint density at radius 3 is 2.50 bits per heavy atom. The number of hydrogen-bond acceptors (Lipinski definition) is 5. The minimum absolute atomic E-state index is 0.0604. The van der Waals surface area contributed by atoms with Crippen LogP contribution in [0.4, 0.5) is 0 Å². The lowest BCUT2D eigenvalue weighted by atomic mass is 10.2. The third-order valence-electron chi connectivity index (χ3n) is 4.14. The summed E-state index contributed by atoms with van der Waals surface area (Å²) < 4.78 is 34.6. The highest BCUT2D eigenvalue weighted by Crippen LogP contribution is 2.09. The highest BCUT2D eigenvalue weighted by atomic mass is 32.2. The van der Waals surface area contributed by atoms with Crippen LogP contribution in [0, 0.1) is 5.92 Å². The minimum Gasteiger partial charge on any atom is -0.374 e. The van der Waals surface area contributed by atoms with Crippen molar-refractivity contribution in [2.75, 3.05) is 66.0 Å². The van der Waals surface area contributed by atoms with E-state index in [1.54, 1.807) is 0 Å². The normalized spacial score (nSPS) is 26.6. The zero-order valence-electron chi connectivity index (χ0n) is 14.0. The van der Waals surface area contributed by atoms with Crippen LogP contribution in [0.1, 0.15) is 13.8 Å². The summed E-state index contributed by atoms with van der Waals surface area (Å²) in [7, 11) is -1.38. The van der Waals surface area contributed by atoms with Crippen LogP contribution < -0.4 is 4.72 Å². The van der Waals surface area contributed by atoms with Gasteiger partial charge in [0.25, 0.3) is 10.2 Å². The first-order chi connectivity index (χ1) is 10.4. The Balaban J connectivity index is 1.78. The van der Waals surface area contributed by atoms with E-state index in [9.17, 15) is 8.42 Å². The molecule has 0 spiro atoms. The fourth-order valence-electron chi connectivity index (χ4n) is 2.90. The smallest absolute Gasteiger partial charge is 0.279 e. The topological polar surface area (TPSA) is 65.1 Å². The van der Waals surface area contributed by atoms with Crippen molar-refractivity contribution < 1.29 is 13.2 Å². The molecule has 22 heavy (non-hydrogen) atoms. The van der Waals surface area contributed by atoms with Crippen molar-refractivity contribution in [2.24, 2.45) is 5.92 Å². The Kier molecular flexibility index (Phi) is 6.60. The second-order valence-electron chi connectivity index (χ2n) is 6.70. The van der Waals surface area contributed by atoms with Gasteiger partial charge < -0.3 is 9.64 Å². The van der Waals surface area contributed by atoms with E-state index in [4.69, 9.17) is 4.74 Å². The van der Waals surface area contributed by atoms with Crippen LogP contribution in [0.15, 0.2) is 0 Å². The summed E-state index contributed by atoms with van der Waals surface area (Å²) in [6.07, 6.45) is -0.0604. The molecular weight excluding hydrogens is 304 g/mol. The van der Waals surface area contributed by atoms with Crippen molar-refractivity contribution in [1.82, 2.24) is 18.8 Å². The maximum Gasteiger partial charge on any atom is 0.279 e.